The summed E-state index contributed by atoms with van der Waals surface area (Å²) in [6.45, 7) is 6.96. The fourth-order valence-corrected chi connectivity index (χ4v) is 5.31. The first-order chi connectivity index (χ1) is 17.9. The number of carboxylic acid groups (broad SMARTS) is 1. The zero-order valence-corrected chi connectivity index (χ0v) is 22.7. The Kier molecular flexibility index (Phi) is 10.8. The Morgan fingerprint density at radius 2 is 1.57 bits per heavy atom. The van der Waals surface area contributed by atoms with E-state index in [2.05, 4.69) is 17.4 Å². The van der Waals surface area contributed by atoms with Crippen molar-refractivity contribution in [1.29, 1.82) is 0 Å². The number of aryl methyl sites for hydroxylation is 1. The van der Waals surface area contributed by atoms with Gasteiger partial charge in [0.25, 0.3) is 0 Å². The van der Waals surface area contributed by atoms with Gasteiger partial charge >= 0.3 is 5.97 Å². The monoisotopic (exact) mass is 509 g/mol. The van der Waals surface area contributed by atoms with Crippen molar-refractivity contribution < 1.29 is 24.2 Å². The highest BCUT2D eigenvalue weighted by Gasteiger charge is 2.42. The van der Waals surface area contributed by atoms with Gasteiger partial charge in [0.05, 0.1) is 13.2 Å². The first-order valence-corrected chi connectivity index (χ1v) is 13.9. The summed E-state index contributed by atoms with van der Waals surface area (Å²) in [5, 5.41) is 13.0. The molecule has 0 bridgehead atoms. The van der Waals surface area contributed by atoms with Gasteiger partial charge in [0.2, 0.25) is 5.91 Å². The number of hydrogen-bond acceptors (Lipinski definition) is 4. The van der Waals surface area contributed by atoms with E-state index in [0.717, 1.165) is 61.2 Å². The van der Waals surface area contributed by atoms with Crippen LogP contribution in [-0.4, -0.2) is 35.7 Å². The van der Waals surface area contributed by atoms with E-state index in [9.17, 15) is 14.7 Å². The minimum atomic E-state index is -1.15. The number of carbonyl (C=O) groups excluding carboxylic acids is 1. The van der Waals surface area contributed by atoms with E-state index in [0.29, 0.717) is 38.9 Å². The van der Waals surface area contributed by atoms with Crippen LogP contribution in [0.2, 0.25) is 0 Å². The van der Waals surface area contributed by atoms with Crippen LogP contribution in [0.25, 0.3) is 0 Å². The van der Waals surface area contributed by atoms with Gasteiger partial charge in [0.1, 0.15) is 17.0 Å². The molecule has 6 nitrogen and oxygen atoms in total. The predicted molar refractivity (Wildman–Crippen MR) is 146 cm³/mol. The van der Waals surface area contributed by atoms with Crippen molar-refractivity contribution in [2.75, 3.05) is 13.2 Å². The van der Waals surface area contributed by atoms with Crippen LogP contribution >= 0.6 is 0 Å². The van der Waals surface area contributed by atoms with Crippen LogP contribution in [0.5, 0.6) is 11.5 Å². The Bertz CT molecular complexity index is 987. The van der Waals surface area contributed by atoms with Crippen LogP contribution in [0.1, 0.15) is 81.9 Å². The highest BCUT2D eigenvalue weighted by atomic mass is 16.5. The van der Waals surface area contributed by atoms with Crippen LogP contribution in [0.3, 0.4) is 0 Å². The Morgan fingerprint density at radius 3 is 2.14 bits per heavy atom. The van der Waals surface area contributed by atoms with Crippen LogP contribution < -0.4 is 14.8 Å². The summed E-state index contributed by atoms with van der Waals surface area (Å²) in [5.74, 6) is 0.110. The number of unbranched alkanes of at least 4 members (excludes halogenated alkanes) is 1. The third-order valence-electron chi connectivity index (χ3n) is 7.41. The minimum Gasteiger partial charge on any atom is -0.493 e. The lowest BCUT2D eigenvalue weighted by molar-refractivity contribution is -0.150. The standard InChI is InChI=1S/C31H43NO5/c1-4-36-27-21-25(22-28(23(27)3)37-5-2)20-26(17-11-10-16-24-14-8-6-9-15-24)29(33)32-31(30(34)35)18-12-7-13-19-31/h6,8-9,14-15,21-22,26H,4-5,7,10-13,16-20H2,1-3H3,(H,32,33)(H,34,35). The molecule has 0 saturated heterocycles. The highest BCUT2D eigenvalue weighted by Crippen LogP contribution is 2.33. The van der Waals surface area contributed by atoms with E-state index in [1.807, 2.05) is 51.1 Å². The van der Waals surface area contributed by atoms with Gasteiger partial charge in [-0.05, 0) is 82.6 Å². The largest absolute Gasteiger partial charge is 0.493 e. The van der Waals surface area contributed by atoms with E-state index in [1.165, 1.54) is 5.56 Å². The van der Waals surface area contributed by atoms with Crippen molar-refractivity contribution in [2.24, 2.45) is 5.92 Å². The zero-order valence-electron chi connectivity index (χ0n) is 22.7. The molecule has 2 N–H and O–H groups in total. The summed E-state index contributed by atoms with van der Waals surface area (Å²) in [7, 11) is 0. The van der Waals surface area contributed by atoms with Gasteiger partial charge in [-0.25, -0.2) is 4.79 Å². The molecule has 0 aromatic heterocycles. The van der Waals surface area contributed by atoms with E-state index in [-0.39, 0.29) is 11.8 Å². The van der Waals surface area contributed by atoms with Crippen LogP contribution in [0.4, 0.5) is 0 Å². The number of aliphatic carboxylic acids is 1. The summed E-state index contributed by atoms with van der Waals surface area (Å²) in [6, 6.07) is 14.4. The SMILES string of the molecule is CCOc1cc(CC(CCCCc2ccccc2)C(=O)NC2(C(=O)O)CCCCC2)cc(OCC)c1C. The third kappa shape index (κ3) is 7.98. The molecular formula is C31H43NO5. The van der Waals surface area contributed by atoms with Crippen LogP contribution in [-0.2, 0) is 22.4 Å². The van der Waals surface area contributed by atoms with Gasteiger partial charge in [-0.2, -0.15) is 0 Å². The van der Waals surface area contributed by atoms with Crippen molar-refractivity contribution in [3.05, 3.63) is 59.2 Å². The van der Waals surface area contributed by atoms with E-state index in [1.54, 1.807) is 0 Å². The van der Waals surface area contributed by atoms with Crippen LogP contribution in [0, 0.1) is 12.8 Å². The fourth-order valence-electron chi connectivity index (χ4n) is 5.31. The van der Waals surface area contributed by atoms with Crippen LogP contribution in [0.15, 0.2) is 42.5 Å². The number of hydrogen-bond donors (Lipinski definition) is 2. The summed E-state index contributed by atoms with van der Waals surface area (Å²) >= 11 is 0. The van der Waals surface area contributed by atoms with Gasteiger partial charge in [-0.3, -0.25) is 4.79 Å². The Morgan fingerprint density at radius 1 is 0.946 bits per heavy atom. The average molecular weight is 510 g/mol. The number of benzene rings is 2. The summed E-state index contributed by atoms with van der Waals surface area (Å²) in [5.41, 5.74) is 2.05. The summed E-state index contributed by atoms with van der Waals surface area (Å²) in [4.78, 5) is 25.9. The second kappa shape index (κ2) is 14.1. The van der Waals surface area contributed by atoms with E-state index in [4.69, 9.17) is 9.47 Å². The van der Waals surface area contributed by atoms with Gasteiger partial charge in [-0.1, -0.05) is 56.0 Å². The highest BCUT2D eigenvalue weighted by molar-refractivity contribution is 5.88. The second-order valence-electron chi connectivity index (χ2n) is 10.2. The first-order valence-electron chi connectivity index (χ1n) is 13.9. The molecule has 0 spiro atoms. The lowest BCUT2D eigenvalue weighted by Gasteiger charge is -2.35. The molecule has 37 heavy (non-hydrogen) atoms. The number of carboxylic acids is 1. The Hall–Kier alpha value is -3.02. The molecule has 2 aromatic carbocycles. The van der Waals surface area contributed by atoms with Crippen molar-refractivity contribution >= 4 is 11.9 Å². The molecule has 1 amide bonds. The topological polar surface area (TPSA) is 84.9 Å². The van der Waals surface area contributed by atoms with E-state index < -0.39 is 11.5 Å². The molecule has 1 aliphatic carbocycles. The van der Waals surface area contributed by atoms with Crippen molar-refractivity contribution in [3.63, 3.8) is 0 Å². The Balaban J connectivity index is 1.79. The van der Waals surface area contributed by atoms with Gasteiger partial charge in [0.15, 0.2) is 0 Å². The molecule has 0 heterocycles. The molecule has 1 fully saturated rings. The fraction of sp³-hybridized carbons (Fsp3) is 0.548. The molecule has 1 aliphatic rings. The van der Waals surface area contributed by atoms with E-state index >= 15 is 0 Å². The summed E-state index contributed by atoms with van der Waals surface area (Å²) in [6.07, 6.45) is 7.65. The first kappa shape index (κ1) is 28.5. The maximum atomic E-state index is 13.6. The molecule has 6 heteroatoms. The number of carbonyl (C=O) groups is 2. The molecule has 1 saturated carbocycles. The number of rotatable bonds is 14. The minimum absolute atomic E-state index is 0.166. The molecular weight excluding hydrogens is 466 g/mol. The molecule has 2 aromatic rings. The summed E-state index contributed by atoms with van der Waals surface area (Å²) < 4.78 is 11.7. The maximum absolute atomic E-state index is 13.6. The van der Waals surface area contributed by atoms with Gasteiger partial charge in [-0.15, -0.1) is 0 Å². The second-order valence-corrected chi connectivity index (χ2v) is 10.2. The normalized spacial score (nSPS) is 15.5. The van der Waals surface area contributed by atoms with Gasteiger partial charge in [0, 0.05) is 11.5 Å². The van der Waals surface area contributed by atoms with Crippen molar-refractivity contribution in [3.8, 4) is 11.5 Å². The van der Waals surface area contributed by atoms with Gasteiger partial charge < -0.3 is 19.9 Å². The quantitative estimate of drug-likeness (QED) is 0.293. The van der Waals surface area contributed by atoms with Crippen molar-refractivity contribution in [2.45, 2.75) is 90.5 Å². The molecule has 1 atom stereocenters. The predicted octanol–water partition coefficient (Wildman–Crippen LogP) is 6.27. The molecule has 202 valence electrons. The number of ether oxygens (including phenoxy) is 2. The molecule has 0 aliphatic heterocycles. The Labute approximate surface area is 221 Å². The van der Waals surface area contributed by atoms with Crippen molar-refractivity contribution in [1.82, 2.24) is 5.32 Å². The third-order valence-corrected chi connectivity index (χ3v) is 7.41. The molecule has 0 radical (unpaired) electrons. The molecule has 1 unspecified atom stereocenters. The lowest BCUT2D eigenvalue weighted by Crippen LogP contribution is -2.57. The number of amides is 1. The smallest absolute Gasteiger partial charge is 0.329 e. The zero-order chi connectivity index (χ0) is 26.7. The average Bonchev–Trinajstić information content (AvgIpc) is 2.89. The molecule has 3 rings (SSSR count). The number of nitrogens with one attached hydrogen (secondary N) is 1. The maximum Gasteiger partial charge on any atom is 0.329 e. The lowest BCUT2D eigenvalue weighted by atomic mass is 9.80.